The van der Waals surface area contributed by atoms with E-state index in [1.54, 1.807) is 0 Å². The summed E-state index contributed by atoms with van der Waals surface area (Å²) in [4.78, 5) is 2.32. The molecule has 1 aliphatic heterocycles. The van der Waals surface area contributed by atoms with E-state index < -0.39 is 0 Å². The van der Waals surface area contributed by atoms with Crippen molar-refractivity contribution in [1.29, 1.82) is 0 Å². The van der Waals surface area contributed by atoms with Crippen molar-refractivity contribution in [3.8, 4) is 5.75 Å². The molecule has 1 aromatic rings. The average Bonchev–Trinajstić information content (AvgIpc) is 2.39. The third kappa shape index (κ3) is 2.71. The van der Waals surface area contributed by atoms with Gasteiger partial charge in [-0.2, -0.15) is 0 Å². The summed E-state index contributed by atoms with van der Waals surface area (Å²) in [6.07, 6.45) is 0. The fourth-order valence-electron chi connectivity index (χ4n) is 1.79. The molecule has 82 valence electrons. The van der Waals surface area contributed by atoms with E-state index >= 15 is 0 Å². The van der Waals surface area contributed by atoms with E-state index in [-0.39, 0.29) is 0 Å². The number of fused-ring (bicyclic) bond motifs is 1. The van der Waals surface area contributed by atoms with Gasteiger partial charge in [-0.15, -0.1) is 0 Å². The molecule has 0 amide bonds. The lowest BCUT2D eigenvalue weighted by Gasteiger charge is -2.17. The highest BCUT2D eigenvalue weighted by Gasteiger charge is 2.14. The van der Waals surface area contributed by atoms with Gasteiger partial charge in [-0.25, -0.2) is 0 Å². The molecule has 0 spiro atoms. The van der Waals surface area contributed by atoms with Crippen LogP contribution < -0.4 is 10.5 Å². The molecule has 0 saturated carbocycles. The molecule has 0 atom stereocenters. The zero-order valence-corrected chi connectivity index (χ0v) is 10.2. The van der Waals surface area contributed by atoms with E-state index in [1.165, 1.54) is 5.56 Å². The number of halogens is 1. The molecule has 0 aliphatic carbocycles. The van der Waals surface area contributed by atoms with Gasteiger partial charge in [0.2, 0.25) is 0 Å². The van der Waals surface area contributed by atoms with Crippen LogP contribution in [0.1, 0.15) is 5.56 Å². The molecule has 15 heavy (non-hydrogen) atoms. The zero-order chi connectivity index (χ0) is 10.7. The first-order chi connectivity index (χ1) is 7.29. The minimum Gasteiger partial charge on any atom is -0.492 e. The van der Waals surface area contributed by atoms with Gasteiger partial charge in [0.1, 0.15) is 12.4 Å². The van der Waals surface area contributed by atoms with Crippen molar-refractivity contribution in [2.45, 2.75) is 6.54 Å². The Morgan fingerprint density at radius 2 is 2.33 bits per heavy atom. The first kappa shape index (κ1) is 10.9. The summed E-state index contributed by atoms with van der Waals surface area (Å²) in [7, 11) is 0. The van der Waals surface area contributed by atoms with Crippen molar-refractivity contribution in [2.24, 2.45) is 5.73 Å². The van der Waals surface area contributed by atoms with Crippen molar-refractivity contribution < 1.29 is 4.74 Å². The molecule has 0 saturated heterocycles. The number of ether oxygens (including phenoxy) is 1. The van der Waals surface area contributed by atoms with E-state index in [0.717, 1.165) is 36.5 Å². The normalized spacial score (nSPS) is 16.7. The molecule has 1 heterocycles. The molecule has 0 bridgehead atoms. The van der Waals surface area contributed by atoms with Gasteiger partial charge < -0.3 is 10.5 Å². The fraction of sp³-hybridized carbons (Fsp3) is 0.455. The molecule has 0 radical (unpaired) electrons. The third-order valence-electron chi connectivity index (χ3n) is 2.53. The highest BCUT2D eigenvalue weighted by atomic mass is 79.9. The topological polar surface area (TPSA) is 38.5 Å². The Morgan fingerprint density at radius 3 is 3.13 bits per heavy atom. The standard InChI is InChI=1S/C11H15BrN2O/c12-10-1-2-11-9(7-10)8-14(4-3-13)5-6-15-11/h1-2,7H,3-6,8,13H2. The SMILES string of the molecule is NCCN1CCOc2ccc(Br)cc2C1. The summed E-state index contributed by atoms with van der Waals surface area (Å²) in [5.74, 6) is 0.998. The first-order valence-corrected chi connectivity index (χ1v) is 5.92. The van der Waals surface area contributed by atoms with Crippen LogP contribution in [0.3, 0.4) is 0 Å². The molecule has 1 aliphatic rings. The number of nitrogens with zero attached hydrogens (tertiary/aromatic N) is 1. The quantitative estimate of drug-likeness (QED) is 0.888. The molecule has 0 fully saturated rings. The lowest BCUT2D eigenvalue weighted by molar-refractivity contribution is 0.230. The summed E-state index contributed by atoms with van der Waals surface area (Å²) in [5.41, 5.74) is 6.80. The number of rotatable bonds is 2. The zero-order valence-electron chi connectivity index (χ0n) is 8.58. The van der Waals surface area contributed by atoms with Gasteiger partial charge >= 0.3 is 0 Å². The van der Waals surface area contributed by atoms with Gasteiger partial charge in [0.15, 0.2) is 0 Å². The van der Waals surface area contributed by atoms with Crippen LogP contribution in [0.5, 0.6) is 5.75 Å². The minimum atomic E-state index is 0.698. The van der Waals surface area contributed by atoms with Gasteiger partial charge in [0, 0.05) is 36.2 Å². The molecular weight excluding hydrogens is 256 g/mol. The van der Waals surface area contributed by atoms with Crippen LogP contribution in [0.25, 0.3) is 0 Å². The molecular formula is C11H15BrN2O. The van der Waals surface area contributed by atoms with E-state index in [9.17, 15) is 0 Å². The van der Waals surface area contributed by atoms with Crippen molar-refractivity contribution in [2.75, 3.05) is 26.2 Å². The largest absolute Gasteiger partial charge is 0.492 e. The predicted molar refractivity (Wildman–Crippen MR) is 64.0 cm³/mol. The molecule has 4 heteroatoms. The second-order valence-corrected chi connectivity index (χ2v) is 4.58. The maximum absolute atomic E-state index is 5.68. The number of nitrogens with two attached hydrogens (primary N) is 1. The molecule has 3 nitrogen and oxygen atoms in total. The van der Waals surface area contributed by atoms with Crippen LogP contribution in [0.15, 0.2) is 22.7 Å². The van der Waals surface area contributed by atoms with Crippen LogP contribution in [0, 0.1) is 0 Å². The molecule has 2 rings (SSSR count). The Labute approximate surface area is 98.3 Å². The predicted octanol–water partition coefficient (Wildman–Crippen LogP) is 1.60. The summed E-state index contributed by atoms with van der Waals surface area (Å²) in [6.45, 7) is 4.24. The Balaban J connectivity index is 2.19. The Morgan fingerprint density at radius 1 is 1.47 bits per heavy atom. The van der Waals surface area contributed by atoms with Gasteiger partial charge in [-0.05, 0) is 18.2 Å². The van der Waals surface area contributed by atoms with Crippen LogP contribution in [-0.2, 0) is 6.54 Å². The van der Waals surface area contributed by atoms with Crippen molar-refractivity contribution in [3.05, 3.63) is 28.2 Å². The van der Waals surface area contributed by atoms with Gasteiger partial charge in [-0.1, -0.05) is 15.9 Å². The molecule has 1 aromatic carbocycles. The first-order valence-electron chi connectivity index (χ1n) is 5.13. The van der Waals surface area contributed by atoms with E-state index in [2.05, 4.69) is 26.9 Å². The number of hydrogen-bond acceptors (Lipinski definition) is 3. The average molecular weight is 271 g/mol. The smallest absolute Gasteiger partial charge is 0.123 e. The van der Waals surface area contributed by atoms with Crippen molar-refractivity contribution in [1.82, 2.24) is 4.90 Å². The van der Waals surface area contributed by atoms with Crippen LogP contribution >= 0.6 is 15.9 Å². The monoisotopic (exact) mass is 270 g/mol. The van der Waals surface area contributed by atoms with Crippen LogP contribution in [0.4, 0.5) is 0 Å². The summed E-state index contributed by atoms with van der Waals surface area (Å²) in [6, 6.07) is 6.15. The lowest BCUT2D eigenvalue weighted by atomic mass is 10.2. The highest BCUT2D eigenvalue weighted by Crippen LogP contribution is 2.26. The highest BCUT2D eigenvalue weighted by molar-refractivity contribution is 9.10. The second-order valence-electron chi connectivity index (χ2n) is 3.67. The Hall–Kier alpha value is -0.580. The minimum absolute atomic E-state index is 0.698. The van der Waals surface area contributed by atoms with E-state index in [1.807, 2.05) is 12.1 Å². The summed E-state index contributed by atoms with van der Waals surface area (Å²) < 4.78 is 6.77. The third-order valence-corrected chi connectivity index (χ3v) is 3.02. The molecule has 2 N–H and O–H groups in total. The van der Waals surface area contributed by atoms with E-state index in [0.29, 0.717) is 6.54 Å². The second kappa shape index (κ2) is 4.96. The number of benzene rings is 1. The van der Waals surface area contributed by atoms with Gasteiger partial charge in [0.25, 0.3) is 0 Å². The Kier molecular flexibility index (Phi) is 3.61. The van der Waals surface area contributed by atoms with Crippen molar-refractivity contribution in [3.63, 3.8) is 0 Å². The maximum atomic E-state index is 5.68. The van der Waals surface area contributed by atoms with Crippen molar-refractivity contribution >= 4 is 15.9 Å². The number of hydrogen-bond donors (Lipinski definition) is 1. The Bertz CT molecular complexity index is 343. The van der Waals surface area contributed by atoms with Crippen LogP contribution in [-0.4, -0.2) is 31.1 Å². The van der Waals surface area contributed by atoms with Gasteiger partial charge in [0.05, 0.1) is 0 Å². The van der Waals surface area contributed by atoms with Crippen LogP contribution in [0.2, 0.25) is 0 Å². The van der Waals surface area contributed by atoms with Gasteiger partial charge in [-0.3, -0.25) is 4.90 Å². The fourth-order valence-corrected chi connectivity index (χ4v) is 2.20. The lowest BCUT2D eigenvalue weighted by Crippen LogP contribution is -2.30. The summed E-state index contributed by atoms with van der Waals surface area (Å²) >= 11 is 3.48. The maximum Gasteiger partial charge on any atom is 0.123 e. The molecule has 0 unspecified atom stereocenters. The molecule has 0 aromatic heterocycles. The summed E-state index contributed by atoms with van der Waals surface area (Å²) in [5, 5.41) is 0. The van der Waals surface area contributed by atoms with E-state index in [4.69, 9.17) is 10.5 Å².